The smallest absolute Gasteiger partial charge is 0.276 e. The zero-order valence-electron chi connectivity index (χ0n) is 18.3. The van der Waals surface area contributed by atoms with Crippen molar-refractivity contribution in [1.82, 2.24) is 9.78 Å². The van der Waals surface area contributed by atoms with E-state index >= 15 is 0 Å². The molecule has 0 aliphatic heterocycles. The summed E-state index contributed by atoms with van der Waals surface area (Å²) in [5, 5.41) is 18.0. The Morgan fingerprint density at radius 3 is 2.69 bits per heavy atom. The van der Waals surface area contributed by atoms with Crippen LogP contribution in [0, 0.1) is 22.9 Å². The molecule has 9 nitrogen and oxygen atoms in total. The van der Waals surface area contributed by atoms with Crippen LogP contribution in [0.15, 0.2) is 72.9 Å². The molecule has 3 aromatic carbocycles. The SMILES string of the molecule is Cc1ccccc1Oc1cc(NC(=O)c2ccn(COc3ccc(F)c(Cl)c3)n2)cc([N+](=O)[O-])c1. The third-order valence-corrected chi connectivity index (χ3v) is 5.10. The Kier molecular flexibility index (Phi) is 6.93. The summed E-state index contributed by atoms with van der Waals surface area (Å²) in [6.45, 7) is 1.79. The molecule has 0 saturated carbocycles. The molecule has 4 rings (SSSR count). The summed E-state index contributed by atoms with van der Waals surface area (Å²) < 4.78 is 25.9. The van der Waals surface area contributed by atoms with E-state index < -0.39 is 16.6 Å². The van der Waals surface area contributed by atoms with E-state index in [2.05, 4.69) is 10.4 Å². The van der Waals surface area contributed by atoms with E-state index in [9.17, 15) is 19.3 Å². The normalized spacial score (nSPS) is 10.6. The van der Waals surface area contributed by atoms with Gasteiger partial charge in [0.15, 0.2) is 12.4 Å². The summed E-state index contributed by atoms with van der Waals surface area (Å²) in [6.07, 6.45) is 1.51. The topological polar surface area (TPSA) is 109 Å². The van der Waals surface area contributed by atoms with Gasteiger partial charge in [-0.25, -0.2) is 9.07 Å². The fourth-order valence-corrected chi connectivity index (χ4v) is 3.25. The standard InChI is InChI=1S/C24H18ClFN4O5/c1-15-4-2-3-5-23(15)35-19-11-16(10-17(12-19)30(32)33)27-24(31)22-8-9-29(28-22)14-34-18-6-7-21(26)20(25)13-18/h2-13H,14H2,1H3,(H,27,31). The molecule has 0 unspecified atom stereocenters. The van der Waals surface area contributed by atoms with E-state index in [0.717, 1.165) is 5.56 Å². The second-order valence-corrected chi connectivity index (χ2v) is 7.79. The number of rotatable bonds is 8. The number of aryl methyl sites for hydroxylation is 1. The van der Waals surface area contributed by atoms with Crippen molar-refractivity contribution in [2.75, 3.05) is 5.32 Å². The van der Waals surface area contributed by atoms with Gasteiger partial charge in [0.25, 0.3) is 11.6 Å². The first-order valence-electron chi connectivity index (χ1n) is 10.2. The number of aromatic nitrogens is 2. The van der Waals surface area contributed by atoms with Gasteiger partial charge in [0, 0.05) is 24.4 Å². The van der Waals surface area contributed by atoms with Gasteiger partial charge in [0.2, 0.25) is 0 Å². The van der Waals surface area contributed by atoms with Crippen molar-refractivity contribution in [2.45, 2.75) is 13.7 Å². The maximum atomic E-state index is 13.3. The number of nitro benzene ring substituents is 1. The Morgan fingerprint density at radius 2 is 1.94 bits per heavy atom. The second-order valence-electron chi connectivity index (χ2n) is 7.38. The molecular weight excluding hydrogens is 479 g/mol. The molecule has 0 spiro atoms. The van der Waals surface area contributed by atoms with Crippen LogP contribution in [0.2, 0.25) is 5.02 Å². The number of benzene rings is 3. The number of nitrogens with zero attached hydrogens (tertiary/aromatic N) is 3. The quantitative estimate of drug-likeness (QED) is 0.238. The van der Waals surface area contributed by atoms with Crippen molar-refractivity contribution in [3.63, 3.8) is 0 Å². The highest BCUT2D eigenvalue weighted by Crippen LogP contribution is 2.31. The number of halogens is 2. The summed E-state index contributed by atoms with van der Waals surface area (Å²) in [5.41, 5.74) is 0.821. The summed E-state index contributed by atoms with van der Waals surface area (Å²) in [7, 11) is 0. The highest BCUT2D eigenvalue weighted by atomic mass is 35.5. The predicted octanol–water partition coefficient (Wildman–Crippen LogP) is 5.97. The lowest BCUT2D eigenvalue weighted by Crippen LogP contribution is -2.14. The van der Waals surface area contributed by atoms with E-state index in [-0.39, 0.29) is 34.6 Å². The van der Waals surface area contributed by atoms with Crippen LogP contribution in [0.4, 0.5) is 15.8 Å². The lowest BCUT2D eigenvalue weighted by Gasteiger charge is -2.10. The van der Waals surface area contributed by atoms with Gasteiger partial charge >= 0.3 is 0 Å². The van der Waals surface area contributed by atoms with E-state index in [1.54, 1.807) is 12.1 Å². The van der Waals surface area contributed by atoms with E-state index in [4.69, 9.17) is 21.1 Å². The third-order valence-electron chi connectivity index (χ3n) is 4.81. The lowest BCUT2D eigenvalue weighted by molar-refractivity contribution is -0.384. The molecule has 35 heavy (non-hydrogen) atoms. The Bertz CT molecular complexity index is 1410. The minimum Gasteiger partial charge on any atom is -0.471 e. The molecule has 1 heterocycles. The maximum absolute atomic E-state index is 13.3. The molecule has 1 amide bonds. The van der Waals surface area contributed by atoms with Crippen LogP contribution >= 0.6 is 11.6 Å². The summed E-state index contributed by atoms with van der Waals surface area (Å²) >= 11 is 5.73. The number of hydrogen-bond acceptors (Lipinski definition) is 6. The Labute approximate surface area is 203 Å². The fourth-order valence-electron chi connectivity index (χ4n) is 3.07. The molecule has 0 atom stereocenters. The van der Waals surface area contributed by atoms with Gasteiger partial charge in [-0.15, -0.1) is 0 Å². The Hall–Kier alpha value is -4.44. The highest BCUT2D eigenvalue weighted by Gasteiger charge is 2.16. The fraction of sp³-hybridized carbons (Fsp3) is 0.0833. The van der Waals surface area contributed by atoms with Crippen molar-refractivity contribution in [2.24, 2.45) is 0 Å². The number of carbonyl (C=O) groups excluding carboxylic acids is 1. The first kappa shape index (κ1) is 23.7. The van der Waals surface area contributed by atoms with Crippen molar-refractivity contribution in [3.05, 3.63) is 105 Å². The molecule has 0 fully saturated rings. The number of hydrogen-bond donors (Lipinski definition) is 1. The average molecular weight is 497 g/mol. The van der Waals surface area contributed by atoms with Crippen LogP contribution in [0.3, 0.4) is 0 Å². The van der Waals surface area contributed by atoms with Crippen LogP contribution in [0.1, 0.15) is 16.1 Å². The second kappa shape index (κ2) is 10.2. The van der Waals surface area contributed by atoms with Gasteiger partial charge in [-0.3, -0.25) is 14.9 Å². The molecule has 4 aromatic rings. The Morgan fingerprint density at radius 1 is 1.14 bits per heavy atom. The predicted molar refractivity (Wildman–Crippen MR) is 127 cm³/mol. The molecule has 11 heteroatoms. The monoisotopic (exact) mass is 496 g/mol. The molecule has 1 aromatic heterocycles. The molecule has 0 saturated heterocycles. The summed E-state index contributed by atoms with van der Waals surface area (Å²) in [4.78, 5) is 23.5. The number of amides is 1. The van der Waals surface area contributed by atoms with Gasteiger partial charge in [-0.1, -0.05) is 29.8 Å². The van der Waals surface area contributed by atoms with Gasteiger partial charge in [0.05, 0.1) is 21.7 Å². The van der Waals surface area contributed by atoms with Crippen LogP contribution in [0.5, 0.6) is 17.2 Å². The minimum absolute atomic E-state index is 0.0543. The Balaban J connectivity index is 1.46. The maximum Gasteiger partial charge on any atom is 0.276 e. The molecule has 0 bridgehead atoms. The number of anilines is 1. The van der Waals surface area contributed by atoms with E-state index in [1.807, 2.05) is 19.1 Å². The summed E-state index contributed by atoms with van der Waals surface area (Å²) in [5.74, 6) is -0.0931. The highest BCUT2D eigenvalue weighted by molar-refractivity contribution is 6.30. The van der Waals surface area contributed by atoms with Gasteiger partial charge in [-0.05, 0) is 36.8 Å². The lowest BCUT2D eigenvalue weighted by atomic mass is 10.2. The number of carbonyl (C=O) groups is 1. The van der Waals surface area contributed by atoms with Crippen molar-refractivity contribution in [1.29, 1.82) is 0 Å². The molecule has 0 radical (unpaired) electrons. The largest absolute Gasteiger partial charge is 0.471 e. The zero-order valence-corrected chi connectivity index (χ0v) is 19.0. The number of para-hydroxylation sites is 1. The van der Waals surface area contributed by atoms with Crippen molar-refractivity contribution >= 4 is 28.9 Å². The number of nitrogens with one attached hydrogen (secondary N) is 1. The zero-order chi connectivity index (χ0) is 24.9. The van der Waals surface area contributed by atoms with Crippen LogP contribution in [0.25, 0.3) is 0 Å². The first-order chi connectivity index (χ1) is 16.8. The van der Waals surface area contributed by atoms with Gasteiger partial charge < -0.3 is 14.8 Å². The number of non-ortho nitro benzene ring substituents is 1. The van der Waals surface area contributed by atoms with Crippen LogP contribution < -0.4 is 14.8 Å². The molecule has 1 N–H and O–H groups in total. The molecule has 0 aliphatic carbocycles. The number of nitro groups is 1. The minimum atomic E-state index is -0.587. The van der Waals surface area contributed by atoms with Crippen LogP contribution in [-0.2, 0) is 6.73 Å². The summed E-state index contributed by atoms with van der Waals surface area (Å²) in [6, 6.07) is 16.6. The van der Waals surface area contributed by atoms with E-state index in [0.29, 0.717) is 11.5 Å². The average Bonchev–Trinajstić information content (AvgIpc) is 3.30. The van der Waals surface area contributed by atoms with Gasteiger partial charge in [0.1, 0.15) is 23.1 Å². The van der Waals surface area contributed by atoms with Gasteiger partial charge in [-0.2, -0.15) is 5.10 Å². The molecule has 0 aliphatic rings. The first-order valence-corrected chi connectivity index (χ1v) is 10.6. The third kappa shape index (κ3) is 5.92. The van der Waals surface area contributed by atoms with Crippen molar-refractivity contribution in [3.8, 4) is 17.2 Å². The molecule has 178 valence electrons. The number of ether oxygens (including phenoxy) is 2. The van der Waals surface area contributed by atoms with Crippen molar-refractivity contribution < 1.29 is 23.6 Å². The van der Waals surface area contributed by atoms with Crippen LogP contribution in [-0.4, -0.2) is 20.6 Å². The van der Waals surface area contributed by atoms with E-state index in [1.165, 1.54) is 53.3 Å². The molecular formula is C24H18ClFN4O5.